The van der Waals surface area contributed by atoms with Gasteiger partial charge in [-0.2, -0.15) is 0 Å². The van der Waals surface area contributed by atoms with E-state index in [0.29, 0.717) is 24.2 Å². The number of ether oxygens (including phenoxy) is 1. The Balaban J connectivity index is 1.50. The summed E-state index contributed by atoms with van der Waals surface area (Å²) in [4.78, 5) is 8.55. The number of aliphatic imine (C=N–C) groups is 1. The van der Waals surface area contributed by atoms with Crippen molar-refractivity contribution in [1.82, 2.24) is 15.6 Å². The van der Waals surface area contributed by atoms with Crippen molar-refractivity contribution in [1.29, 1.82) is 0 Å². The van der Waals surface area contributed by atoms with Crippen LogP contribution >= 0.6 is 0 Å². The van der Waals surface area contributed by atoms with E-state index in [-0.39, 0.29) is 5.82 Å². The number of nitrogens with zero attached hydrogens (tertiary/aromatic N) is 2. The minimum atomic E-state index is -0.290. The summed E-state index contributed by atoms with van der Waals surface area (Å²) < 4.78 is 18.5. The molecular formula is C19H23FN4O. The molecule has 0 aliphatic heterocycles. The molecule has 1 fully saturated rings. The molecule has 25 heavy (non-hydrogen) atoms. The van der Waals surface area contributed by atoms with Gasteiger partial charge in [-0.25, -0.2) is 9.37 Å². The number of guanidine groups is 1. The average molecular weight is 342 g/mol. The van der Waals surface area contributed by atoms with Crippen LogP contribution in [0.25, 0.3) is 0 Å². The smallest absolute Gasteiger partial charge is 0.219 e. The Kier molecular flexibility index (Phi) is 5.82. The molecule has 0 spiro atoms. The van der Waals surface area contributed by atoms with Gasteiger partial charge in [0, 0.05) is 31.9 Å². The molecule has 0 radical (unpaired) electrons. The summed E-state index contributed by atoms with van der Waals surface area (Å²) in [5.74, 6) is 1.56. The summed E-state index contributed by atoms with van der Waals surface area (Å²) in [6.07, 6.45) is 6.74. The second-order valence-corrected chi connectivity index (χ2v) is 6.11. The van der Waals surface area contributed by atoms with Gasteiger partial charge in [0.05, 0.1) is 0 Å². The lowest BCUT2D eigenvalue weighted by atomic mass is 10.2. The van der Waals surface area contributed by atoms with Crippen molar-refractivity contribution in [3.05, 3.63) is 54.0 Å². The number of pyridine rings is 1. The Morgan fingerprint density at radius 2 is 1.96 bits per heavy atom. The van der Waals surface area contributed by atoms with Gasteiger partial charge in [-0.05, 0) is 42.7 Å². The van der Waals surface area contributed by atoms with Crippen LogP contribution in [-0.2, 0) is 6.54 Å². The Morgan fingerprint density at radius 3 is 2.60 bits per heavy atom. The third-order valence-electron chi connectivity index (χ3n) is 4.21. The summed E-state index contributed by atoms with van der Waals surface area (Å²) in [5, 5.41) is 6.75. The van der Waals surface area contributed by atoms with Crippen LogP contribution in [0.3, 0.4) is 0 Å². The Labute approximate surface area is 147 Å². The zero-order chi connectivity index (χ0) is 17.5. The normalized spacial score (nSPS) is 15.2. The zero-order valence-corrected chi connectivity index (χ0v) is 14.3. The number of benzene rings is 1. The molecule has 1 heterocycles. The molecule has 2 N–H and O–H groups in total. The third-order valence-corrected chi connectivity index (χ3v) is 4.21. The molecule has 5 nitrogen and oxygen atoms in total. The van der Waals surface area contributed by atoms with Crippen LogP contribution in [0, 0.1) is 5.82 Å². The maximum Gasteiger partial charge on any atom is 0.219 e. The molecule has 1 aromatic carbocycles. The van der Waals surface area contributed by atoms with Crippen molar-refractivity contribution < 1.29 is 9.13 Å². The second kappa shape index (κ2) is 8.46. The molecule has 0 atom stereocenters. The van der Waals surface area contributed by atoms with Crippen LogP contribution < -0.4 is 15.4 Å². The van der Waals surface area contributed by atoms with Crippen molar-refractivity contribution >= 4 is 5.96 Å². The first-order chi connectivity index (χ1) is 12.2. The predicted molar refractivity (Wildman–Crippen MR) is 96.3 cm³/mol. The highest BCUT2D eigenvalue weighted by Gasteiger charge is 2.15. The van der Waals surface area contributed by atoms with E-state index in [1.807, 2.05) is 6.07 Å². The summed E-state index contributed by atoms with van der Waals surface area (Å²) in [6.45, 7) is 0.635. The maximum absolute atomic E-state index is 12.9. The van der Waals surface area contributed by atoms with Crippen molar-refractivity contribution in [2.45, 2.75) is 38.3 Å². The highest BCUT2D eigenvalue weighted by atomic mass is 19.1. The summed E-state index contributed by atoms with van der Waals surface area (Å²) in [7, 11) is 1.78. The number of aromatic nitrogens is 1. The molecule has 0 saturated heterocycles. The Morgan fingerprint density at radius 1 is 1.20 bits per heavy atom. The fraction of sp³-hybridized carbons (Fsp3) is 0.368. The van der Waals surface area contributed by atoms with Gasteiger partial charge in [-0.15, -0.1) is 0 Å². The molecule has 1 aliphatic rings. The van der Waals surface area contributed by atoms with Crippen molar-refractivity contribution in [3.8, 4) is 11.6 Å². The average Bonchev–Trinajstić information content (AvgIpc) is 3.15. The monoisotopic (exact) mass is 342 g/mol. The van der Waals surface area contributed by atoms with Gasteiger partial charge in [-0.1, -0.05) is 18.9 Å². The van der Waals surface area contributed by atoms with E-state index >= 15 is 0 Å². The fourth-order valence-corrected chi connectivity index (χ4v) is 2.84. The van der Waals surface area contributed by atoms with E-state index in [0.717, 1.165) is 11.5 Å². The summed E-state index contributed by atoms with van der Waals surface area (Å²) in [5.41, 5.74) is 1.03. The number of nitrogens with one attached hydrogen (secondary N) is 2. The van der Waals surface area contributed by atoms with Gasteiger partial charge in [-0.3, -0.25) is 4.99 Å². The van der Waals surface area contributed by atoms with Crippen LogP contribution in [0.15, 0.2) is 47.6 Å². The Hall–Kier alpha value is -2.63. The van der Waals surface area contributed by atoms with Gasteiger partial charge < -0.3 is 15.4 Å². The summed E-state index contributed by atoms with van der Waals surface area (Å²) >= 11 is 0. The van der Waals surface area contributed by atoms with Gasteiger partial charge in [0.15, 0.2) is 5.96 Å². The number of halogens is 1. The van der Waals surface area contributed by atoms with Crippen molar-refractivity contribution in [2.75, 3.05) is 7.05 Å². The highest BCUT2D eigenvalue weighted by Crippen LogP contribution is 2.19. The quantitative estimate of drug-likeness (QED) is 0.644. The number of hydrogen-bond acceptors (Lipinski definition) is 3. The Bertz CT molecular complexity index is 694. The van der Waals surface area contributed by atoms with E-state index in [9.17, 15) is 4.39 Å². The molecule has 0 amide bonds. The first-order valence-corrected chi connectivity index (χ1v) is 8.58. The van der Waals surface area contributed by atoms with Crippen LogP contribution in [-0.4, -0.2) is 24.0 Å². The maximum atomic E-state index is 12.9. The van der Waals surface area contributed by atoms with Crippen molar-refractivity contribution in [2.24, 2.45) is 4.99 Å². The van der Waals surface area contributed by atoms with Crippen molar-refractivity contribution in [3.63, 3.8) is 0 Å². The molecule has 132 valence electrons. The third kappa shape index (κ3) is 5.17. The van der Waals surface area contributed by atoms with E-state index in [4.69, 9.17) is 4.74 Å². The van der Waals surface area contributed by atoms with E-state index in [1.165, 1.54) is 37.8 Å². The van der Waals surface area contributed by atoms with Crippen LogP contribution in [0.4, 0.5) is 4.39 Å². The fourth-order valence-electron chi connectivity index (χ4n) is 2.84. The zero-order valence-electron chi connectivity index (χ0n) is 14.3. The van der Waals surface area contributed by atoms with Crippen LogP contribution in [0.5, 0.6) is 11.6 Å². The van der Waals surface area contributed by atoms with E-state index in [1.54, 1.807) is 31.4 Å². The topological polar surface area (TPSA) is 58.5 Å². The first kappa shape index (κ1) is 17.2. The van der Waals surface area contributed by atoms with Gasteiger partial charge in [0.1, 0.15) is 11.6 Å². The number of hydrogen-bond donors (Lipinski definition) is 2. The summed E-state index contributed by atoms with van der Waals surface area (Å²) in [6, 6.07) is 10.1. The highest BCUT2D eigenvalue weighted by molar-refractivity contribution is 5.79. The van der Waals surface area contributed by atoms with E-state index < -0.39 is 0 Å². The predicted octanol–water partition coefficient (Wildman–Crippen LogP) is 3.62. The molecule has 0 bridgehead atoms. The second-order valence-electron chi connectivity index (χ2n) is 6.11. The lowest BCUT2D eigenvalue weighted by molar-refractivity contribution is 0.461. The minimum Gasteiger partial charge on any atom is -0.439 e. The van der Waals surface area contributed by atoms with E-state index in [2.05, 4.69) is 20.6 Å². The van der Waals surface area contributed by atoms with Crippen LogP contribution in [0.1, 0.15) is 31.2 Å². The largest absolute Gasteiger partial charge is 0.439 e. The van der Waals surface area contributed by atoms with Gasteiger partial charge in [0.25, 0.3) is 0 Å². The minimum absolute atomic E-state index is 0.290. The van der Waals surface area contributed by atoms with Gasteiger partial charge in [0.2, 0.25) is 5.88 Å². The molecule has 1 aromatic heterocycles. The molecular weight excluding hydrogens is 319 g/mol. The van der Waals surface area contributed by atoms with Crippen LogP contribution in [0.2, 0.25) is 0 Å². The molecule has 0 unspecified atom stereocenters. The molecule has 1 saturated carbocycles. The SMILES string of the molecule is CN=C(NCc1ccc(Oc2ccc(F)cc2)nc1)NC1CCCC1. The molecule has 1 aliphatic carbocycles. The standard InChI is InChI=1S/C19H23FN4O/c1-21-19(24-16-4-2-3-5-16)23-13-14-6-11-18(22-12-14)25-17-9-7-15(20)8-10-17/h6-12,16H,2-5,13H2,1H3,(H2,21,23,24). The molecule has 2 aromatic rings. The molecule has 3 rings (SSSR count). The lowest BCUT2D eigenvalue weighted by Crippen LogP contribution is -2.41. The van der Waals surface area contributed by atoms with Gasteiger partial charge >= 0.3 is 0 Å². The lowest BCUT2D eigenvalue weighted by Gasteiger charge is -2.16. The molecule has 6 heteroatoms. The number of rotatable bonds is 5. The first-order valence-electron chi connectivity index (χ1n) is 8.58.